The van der Waals surface area contributed by atoms with Gasteiger partial charge in [-0.3, -0.25) is 9.78 Å². The maximum Gasteiger partial charge on any atom is 0.255 e. The Morgan fingerprint density at radius 1 is 1.00 bits per heavy atom. The Morgan fingerprint density at radius 2 is 1.75 bits per heavy atom. The van der Waals surface area contributed by atoms with Crippen LogP contribution in [-0.2, 0) is 22.4 Å². The zero-order valence-electron chi connectivity index (χ0n) is 16.0. The van der Waals surface area contributed by atoms with Gasteiger partial charge in [-0.2, -0.15) is 0 Å². The lowest BCUT2D eigenvalue weighted by Crippen LogP contribution is -2.47. The number of hydrogen-bond acceptors (Lipinski definition) is 5. The van der Waals surface area contributed by atoms with Crippen LogP contribution in [0.4, 0.5) is 5.69 Å². The summed E-state index contributed by atoms with van der Waals surface area (Å²) in [7, 11) is 0. The number of carbonyl (C=O) groups is 1. The third kappa shape index (κ3) is 3.27. The Hall–Kier alpha value is -2.44. The molecular weight excluding hydrogens is 354 g/mol. The van der Waals surface area contributed by atoms with E-state index in [4.69, 9.17) is 9.47 Å². The van der Waals surface area contributed by atoms with E-state index in [0.29, 0.717) is 31.9 Å². The van der Waals surface area contributed by atoms with E-state index < -0.39 is 5.79 Å². The van der Waals surface area contributed by atoms with Crippen LogP contribution in [-0.4, -0.2) is 54.4 Å². The summed E-state index contributed by atoms with van der Waals surface area (Å²) >= 11 is 0. The summed E-state index contributed by atoms with van der Waals surface area (Å²) in [5, 5.41) is 0. The predicted octanol–water partition coefficient (Wildman–Crippen LogP) is 2.62. The molecule has 4 heterocycles. The fraction of sp³-hybridized carbons (Fsp3) is 0.455. The van der Waals surface area contributed by atoms with Gasteiger partial charge in [-0.1, -0.05) is 24.3 Å². The third-order valence-electron chi connectivity index (χ3n) is 6.09. The van der Waals surface area contributed by atoms with E-state index in [2.05, 4.69) is 34.1 Å². The van der Waals surface area contributed by atoms with Crippen LogP contribution in [0.15, 0.2) is 42.7 Å². The maximum atomic E-state index is 13.0. The highest BCUT2D eigenvalue weighted by molar-refractivity contribution is 5.94. The molecule has 3 aliphatic heterocycles. The highest BCUT2D eigenvalue weighted by atomic mass is 16.7. The Kier molecular flexibility index (Phi) is 4.53. The second kappa shape index (κ2) is 7.18. The van der Waals surface area contributed by atoms with Crippen molar-refractivity contribution in [2.75, 3.05) is 37.7 Å². The molecule has 0 aliphatic carbocycles. The SMILES string of the molecule is O=C(c1cncc(N2CCc3ccccc3C2)c1)N1CCC2(CC1)OCCO2. The van der Waals surface area contributed by atoms with Crippen LogP contribution >= 0.6 is 0 Å². The van der Waals surface area contributed by atoms with E-state index in [1.165, 1.54) is 11.1 Å². The molecule has 6 heteroatoms. The molecule has 1 aromatic carbocycles. The van der Waals surface area contributed by atoms with Crippen molar-refractivity contribution >= 4 is 11.6 Å². The molecule has 0 saturated carbocycles. The highest BCUT2D eigenvalue weighted by Gasteiger charge is 2.40. The van der Waals surface area contributed by atoms with Crippen molar-refractivity contribution in [3.63, 3.8) is 0 Å². The minimum atomic E-state index is -0.460. The van der Waals surface area contributed by atoms with Gasteiger partial charge in [-0.25, -0.2) is 0 Å². The predicted molar refractivity (Wildman–Crippen MR) is 105 cm³/mol. The van der Waals surface area contributed by atoms with Gasteiger partial charge in [0.1, 0.15) is 0 Å². The Labute approximate surface area is 165 Å². The van der Waals surface area contributed by atoms with Crippen LogP contribution in [0.3, 0.4) is 0 Å². The molecule has 2 saturated heterocycles. The first-order chi connectivity index (χ1) is 13.7. The van der Waals surface area contributed by atoms with Crippen molar-refractivity contribution < 1.29 is 14.3 Å². The van der Waals surface area contributed by atoms with Crippen LogP contribution in [0, 0.1) is 0 Å². The summed E-state index contributed by atoms with van der Waals surface area (Å²) in [5.74, 6) is -0.419. The zero-order chi connectivity index (χ0) is 19.0. The van der Waals surface area contributed by atoms with E-state index in [0.717, 1.165) is 38.0 Å². The van der Waals surface area contributed by atoms with Gasteiger partial charge in [0.25, 0.3) is 5.91 Å². The molecule has 1 amide bonds. The van der Waals surface area contributed by atoms with Gasteiger partial charge in [0.15, 0.2) is 5.79 Å². The molecule has 5 rings (SSSR count). The molecule has 2 aromatic rings. The molecule has 0 unspecified atom stereocenters. The van der Waals surface area contributed by atoms with E-state index in [-0.39, 0.29) is 5.91 Å². The van der Waals surface area contributed by atoms with Crippen LogP contribution in [0.25, 0.3) is 0 Å². The fourth-order valence-electron chi connectivity index (χ4n) is 4.45. The number of fused-ring (bicyclic) bond motifs is 1. The Morgan fingerprint density at radius 3 is 2.54 bits per heavy atom. The lowest BCUT2D eigenvalue weighted by atomic mass is 9.99. The summed E-state index contributed by atoms with van der Waals surface area (Å²) in [6, 6.07) is 10.5. The monoisotopic (exact) mass is 379 g/mol. The smallest absolute Gasteiger partial charge is 0.255 e. The average Bonchev–Trinajstić information content (AvgIpc) is 3.21. The molecule has 6 nitrogen and oxygen atoms in total. The summed E-state index contributed by atoms with van der Waals surface area (Å²) in [4.78, 5) is 21.6. The van der Waals surface area contributed by atoms with Gasteiger partial charge < -0.3 is 19.3 Å². The summed E-state index contributed by atoms with van der Waals surface area (Å²) in [6.07, 6.45) is 6.01. The summed E-state index contributed by atoms with van der Waals surface area (Å²) in [6.45, 7) is 4.41. The number of rotatable bonds is 2. The van der Waals surface area contributed by atoms with Crippen molar-refractivity contribution in [1.29, 1.82) is 0 Å². The first-order valence-corrected chi connectivity index (χ1v) is 10.1. The van der Waals surface area contributed by atoms with Crippen molar-refractivity contribution in [2.45, 2.75) is 31.6 Å². The molecule has 1 aromatic heterocycles. The third-order valence-corrected chi connectivity index (χ3v) is 6.09. The van der Waals surface area contributed by atoms with E-state index in [9.17, 15) is 4.79 Å². The molecule has 0 bridgehead atoms. The second-order valence-corrected chi connectivity index (χ2v) is 7.77. The largest absolute Gasteiger partial charge is 0.366 e. The van der Waals surface area contributed by atoms with Gasteiger partial charge in [-0.15, -0.1) is 0 Å². The molecule has 0 atom stereocenters. The van der Waals surface area contributed by atoms with Gasteiger partial charge in [0.2, 0.25) is 0 Å². The Bertz CT molecular complexity index is 869. The summed E-state index contributed by atoms with van der Waals surface area (Å²) in [5.41, 5.74) is 4.43. The number of amides is 1. The van der Waals surface area contributed by atoms with E-state index in [1.54, 1.807) is 6.20 Å². The van der Waals surface area contributed by atoms with Gasteiger partial charge in [0, 0.05) is 45.2 Å². The zero-order valence-corrected chi connectivity index (χ0v) is 16.0. The molecule has 1 spiro atoms. The lowest BCUT2D eigenvalue weighted by molar-refractivity contribution is -0.181. The number of piperidine rings is 1. The average molecular weight is 379 g/mol. The number of aromatic nitrogens is 1. The van der Waals surface area contributed by atoms with Gasteiger partial charge >= 0.3 is 0 Å². The molecule has 0 radical (unpaired) electrons. The first kappa shape index (κ1) is 17.6. The molecular formula is C22H25N3O3. The molecule has 0 N–H and O–H groups in total. The minimum absolute atomic E-state index is 0.0413. The van der Waals surface area contributed by atoms with Crippen LogP contribution in [0.1, 0.15) is 34.3 Å². The van der Waals surface area contributed by atoms with Crippen molar-refractivity contribution in [1.82, 2.24) is 9.88 Å². The van der Waals surface area contributed by atoms with Crippen molar-refractivity contribution in [2.24, 2.45) is 0 Å². The maximum absolute atomic E-state index is 13.0. The number of carbonyl (C=O) groups excluding carboxylic acids is 1. The fourth-order valence-corrected chi connectivity index (χ4v) is 4.45. The van der Waals surface area contributed by atoms with Gasteiger partial charge in [0.05, 0.1) is 30.7 Å². The number of ether oxygens (including phenoxy) is 2. The molecule has 3 aliphatic rings. The standard InChI is InChI=1S/C22H25N3O3/c26-21(24-9-6-22(7-10-24)27-11-12-28-22)19-13-20(15-23-14-19)25-8-5-17-3-1-2-4-18(17)16-25/h1-4,13-15H,5-12,16H2. The molecule has 2 fully saturated rings. The van der Waals surface area contributed by atoms with E-state index in [1.807, 2.05) is 17.2 Å². The number of benzene rings is 1. The number of anilines is 1. The van der Waals surface area contributed by atoms with Gasteiger partial charge in [-0.05, 0) is 23.6 Å². The molecule has 28 heavy (non-hydrogen) atoms. The normalized spacial score (nSPS) is 21.0. The van der Waals surface area contributed by atoms with Crippen LogP contribution in [0.2, 0.25) is 0 Å². The van der Waals surface area contributed by atoms with Crippen molar-refractivity contribution in [3.05, 3.63) is 59.4 Å². The number of hydrogen-bond donors (Lipinski definition) is 0. The highest BCUT2D eigenvalue weighted by Crippen LogP contribution is 2.32. The van der Waals surface area contributed by atoms with Crippen LogP contribution < -0.4 is 4.90 Å². The minimum Gasteiger partial charge on any atom is -0.366 e. The lowest BCUT2D eigenvalue weighted by Gasteiger charge is -2.37. The quantitative estimate of drug-likeness (QED) is 0.803. The number of pyridine rings is 1. The van der Waals surface area contributed by atoms with Crippen molar-refractivity contribution in [3.8, 4) is 0 Å². The second-order valence-electron chi connectivity index (χ2n) is 7.77. The summed E-state index contributed by atoms with van der Waals surface area (Å²) < 4.78 is 11.5. The Balaban J connectivity index is 1.29. The number of nitrogens with zero attached hydrogens (tertiary/aromatic N) is 3. The van der Waals surface area contributed by atoms with Crippen LogP contribution in [0.5, 0.6) is 0 Å². The molecule has 146 valence electrons. The number of likely N-dealkylation sites (tertiary alicyclic amines) is 1. The van der Waals surface area contributed by atoms with E-state index >= 15 is 0 Å². The first-order valence-electron chi connectivity index (χ1n) is 10.1. The topological polar surface area (TPSA) is 54.9 Å².